The van der Waals surface area contributed by atoms with Crippen molar-refractivity contribution in [3.63, 3.8) is 0 Å². The van der Waals surface area contributed by atoms with Gasteiger partial charge < -0.3 is 14.7 Å². The first-order chi connectivity index (χ1) is 13.3. The molecule has 0 radical (unpaired) electrons. The molecule has 1 fully saturated rings. The quantitative estimate of drug-likeness (QED) is 0.810. The van der Waals surface area contributed by atoms with Crippen LogP contribution in [0, 0.1) is 17.3 Å². The lowest BCUT2D eigenvalue weighted by Crippen LogP contribution is -2.63. The van der Waals surface area contributed by atoms with Crippen molar-refractivity contribution in [1.29, 1.82) is 0 Å². The standard InChI is InChI=1S/C24H30N2O2/c1-18(2)20-8-10-21(11-9-20)24(27,23(3)16-26(4)17-23)22-13-19(14-25-15-22)7-6-12-28-5/h8-11,13-15,18,27H,12,16-17H2,1-5H3. The summed E-state index contributed by atoms with van der Waals surface area (Å²) in [6, 6.07) is 10.3. The van der Waals surface area contributed by atoms with E-state index in [0.29, 0.717) is 12.5 Å². The van der Waals surface area contributed by atoms with Gasteiger partial charge in [0.05, 0.1) is 0 Å². The smallest absolute Gasteiger partial charge is 0.124 e. The summed E-state index contributed by atoms with van der Waals surface area (Å²) in [7, 11) is 3.70. The Balaban J connectivity index is 2.08. The molecular weight excluding hydrogens is 348 g/mol. The molecule has 1 saturated heterocycles. The number of aliphatic hydroxyl groups is 1. The summed E-state index contributed by atoms with van der Waals surface area (Å²) < 4.78 is 5.00. The second-order valence-electron chi connectivity index (χ2n) is 8.42. The largest absolute Gasteiger partial charge is 0.380 e. The Bertz CT molecular complexity index is 873. The zero-order valence-corrected chi connectivity index (χ0v) is 17.5. The van der Waals surface area contributed by atoms with E-state index in [2.05, 4.69) is 73.8 Å². The summed E-state index contributed by atoms with van der Waals surface area (Å²) in [5.41, 5.74) is 2.28. The Morgan fingerprint density at radius 2 is 1.89 bits per heavy atom. The molecule has 0 amide bonds. The molecule has 4 nitrogen and oxygen atoms in total. The van der Waals surface area contributed by atoms with Crippen LogP contribution >= 0.6 is 0 Å². The molecule has 1 N–H and O–H groups in total. The van der Waals surface area contributed by atoms with E-state index in [0.717, 1.165) is 29.8 Å². The van der Waals surface area contributed by atoms with Crippen LogP contribution in [0.4, 0.5) is 0 Å². The number of nitrogens with zero attached hydrogens (tertiary/aromatic N) is 2. The fraction of sp³-hybridized carbons (Fsp3) is 0.458. The van der Waals surface area contributed by atoms with Gasteiger partial charge in [0.25, 0.3) is 0 Å². The minimum absolute atomic E-state index is 0.304. The maximum Gasteiger partial charge on any atom is 0.124 e. The summed E-state index contributed by atoms with van der Waals surface area (Å²) >= 11 is 0. The Morgan fingerprint density at radius 3 is 2.46 bits per heavy atom. The lowest BCUT2D eigenvalue weighted by Gasteiger charge is -2.55. The maximum absolute atomic E-state index is 12.1. The van der Waals surface area contributed by atoms with Gasteiger partial charge in [-0.2, -0.15) is 0 Å². The van der Waals surface area contributed by atoms with Gasteiger partial charge in [0.1, 0.15) is 12.2 Å². The lowest BCUT2D eigenvalue weighted by atomic mass is 9.62. The molecule has 0 saturated carbocycles. The normalized spacial score (nSPS) is 18.1. The number of benzene rings is 1. The van der Waals surface area contributed by atoms with Crippen LogP contribution in [0.25, 0.3) is 0 Å². The van der Waals surface area contributed by atoms with E-state index in [9.17, 15) is 5.11 Å². The molecule has 0 bridgehead atoms. The van der Waals surface area contributed by atoms with Gasteiger partial charge in [0, 0.05) is 49.1 Å². The Hall–Kier alpha value is -2.19. The number of aromatic nitrogens is 1. The number of rotatable bonds is 5. The molecule has 3 rings (SSSR count). The van der Waals surface area contributed by atoms with E-state index in [1.54, 1.807) is 19.5 Å². The summed E-state index contributed by atoms with van der Waals surface area (Å²) in [6.45, 7) is 8.50. The van der Waals surface area contributed by atoms with Gasteiger partial charge in [-0.3, -0.25) is 4.98 Å². The van der Waals surface area contributed by atoms with E-state index >= 15 is 0 Å². The van der Waals surface area contributed by atoms with Crippen LogP contribution in [0.15, 0.2) is 42.7 Å². The maximum atomic E-state index is 12.1. The highest BCUT2D eigenvalue weighted by molar-refractivity contribution is 5.44. The third kappa shape index (κ3) is 3.71. The second kappa shape index (κ2) is 8.05. The van der Waals surface area contributed by atoms with Crippen LogP contribution in [0.2, 0.25) is 0 Å². The number of pyridine rings is 1. The number of ether oxygens (including phenoxy) is 1. The Kier molecular flexibility index (Phi) is 5.90. The number of likely N-dealkylation sites (tertiary alicyclic amines) is 1. The zero-order valence-electron chi connectivity index (χ0n) is 17.5. The molecule has 28 heavy (non-hydrogen) atoms. The van der Waals surface area contributed by atoms with Crippen molar-refractivity contribution >= 4 is 0 Å². The second-order valence-corrected chi connectivity index (χ2v) is 8.42. The van der Waals surface area contributed by atoms with Gasteiger partial charge in [0.2, 0.25) is 0 Å². The molecule has 4 heteroatoms. The summed E-state index contributed by atoms with van der Waals surface area (Å²) in [4.78, 5) is 6.60. The molecule has 1 aliphatic rings. The van der Waals surface area contributed by atoms with Crippen molar-refractivity contribution in [3.8, 4) is 11.8 Å². The fourth-order valence-corrected chi connectivity index (χ4v) is 4.26. The predicted molar refractivity (Wildman–Crippen MR) is 112 cm³/mol. The highest BCUT2D eigenvalue weighted by atomic mass is 16.5. The number of methoxy groups -OCH3 is 1. The highest BCUT2D eigenvalue weighted by Crippen LogP contribution is 2.50. The third-order valence-corrected chi connectivity index (χ3v) is 5.71. The Labute approximate surface area is 168 Å². The van der Waals surface area contributed by atoms with E-state index in [4.69, 9.17) is 4.74 Å². The molecule has 1 unspecified atom stereocenters. The molecule has 1 atom stereocenters. The van der Waals surface area contributed by atoms with Gasteiger partial charge in [-0.25, -0.2) is 0 Å². The molecule has 0 aliphatic carbocycles. The van der Waals surface area contributed by atoms with Crippen LogP contribution in [-0.4, -0.2) is 48.8 Å². The SMILES string of the molecule is COCC#Cc1cncc(C(O)(c2ccc(C(C)C)cc2)C2(C)CN(C)C2)c1. The average Bonchev–Trinajstić information content (AvgIpc) is 2.66. The molecule has 2 heterocycles. The van der Waals surface area contributed by atoms with Crippen molar-refractivity contribution in [2.45, 2.75) is 32.3 Å². The number of hydrogen-bond donors (Lipinski definition) is 1. The Morgan fingerprint density at radius 1 is 1.21 bits per heavy atom. The zero-order chi connectivity index (χ0) is 20.4. The van der Waals surface area contributed by atoms with Gasteiger partial charge in [-0.1, -0.05) is 56.9 Å². The topological polar surface area (TPSA) is 45.6 Å². The average molecular weight is 379 g/mol. The van der Waals surface area contributed by atoms with Gasteiger partial charge >= 0.3 is 0 Å². The summed E-state index contributed by atoms with van der Waals surface area (Å²) in [5.74, 6) is 6.48. The summed E-state index contributed by atoms with van der Waals surface area (Å²) in [5, 5.41) is 12.1. The molecule has 148 valence electrons. The monoisotopic (exact) mass is 378 g/mol. The van der Waals surface area contributed by atoms with Crippen LogP contribution in [0.3, 0.4) is 0 Å². The number of hydrogen-bond acceptors (Lipinski definition) is 4. The first-order valence-electron chi connectivity index (χ1n) is 9.75. The molecule has 0 spiro atoms. The van der Waals surface area contributed by atoms with Crippen LogP contribution < -0.4 is 0 Å². The minimum atomic E-state index is -1.14. The van der Waals surface area contributed by atoms with E-state index in [1.807, 2.05) is 6.07 Å². The van der Waals surface area contributed by atoms with Crippen molar-refractivity contribution in [3.05, 3.63) is 65.0 Å². The fourth-order valence-electron chi connectivity index (χ4n) is 4.26. The van der Waals surface area contributed by atoms with Crippen molar-refractivity contribution in [1.82, 2.24) is 9.88 Å². The predicted octanol–water partition coefficient (Wildman–Crippen LogP) is 3.39. The van der Waals surface area contributed by atoms with E-state index in [1.165, 1.54) is 5.56 Å². The molecule has 1 aromatic heterocycles. The van der Waals surface area contributed by atoms with Crippen LogP contribution in [-0.2, 0) is 10.3 Å². The van der Waals surface area contributed by atoms with Crippen LogP contribution in [0.5, 0.6) is 0 Å². The third-order valence-electron chi connectivity index (χ3n) is 5.71. The van der Waals surface area contributed by atoms with Crippen molar-refractivity contribution in [2.75, 3.05) is 33.9 Å². The minimum Gasteiger partial charge on any atom is -0.380 e. The molecule has 1 aromatic carbocycles. The molecule has 1 aliphatic heterocycles. The van der Waals surface area contributed by atoms with Crippen molar-refractivity contribution < 1.29 is 9.84 Å². The van der Waals surface area contributed by atoms with E-state index in [-0.39, 0.29) is 5.41 Å². The summed E-state index contributed by atoms with van der Waals surface area (Å²) in [6.07, 6.45) is 3.49. The molecule has 2 aromatic rings. The van der Waals surface area contributed by atoms with Gasteiger partial charge in [-0.15, -0.1) is 0 Å². The van der Waals surface area contributed by atoms with E-state index < -0.39 is 5.60 Å². The van der Waals surface area contributed by atoms with Crippen LogP contribution in [0.1, 0.15) is 48.9 Å². The lowest BCUT2D eigenvalue weighted by molar-refractivity contribution is -0.127. The first-order valence-corrected chi connectivity index (χ1v) is 9.75. The van der Waals surface area contributed by atoms with Gasteiger partial charge in [-0.05, 0) is 30.2 Å². The van der Waals surface area contributed by atoms with Gasteiger partial charge in [0.15, 0.2) is 0 Å². The molecular formula is C24H30N2O2. The first kappa shape index (κ1) is 20.5. The van der Waals surface area contributed by atoms with Crippen molar-refractivity contribution in [2.24, 2.45) is 5.41 Å². The highest BCUT2D eigenvalue weighted by Gasteiger charge is 2.55.